The standard InChI is InChI=1S/C45H89N/c1-4-6-8-10-12-14-16-18-20-22-24-26-28-30-32-34-36-38-40-42-44-46(3)45-43-41-39-37-35-33-31-29-27-25-23-21-19-17-15-13-11-9-7-5-2/h18-21H,4-17,22-45H2,1-3H3/b20-18-,21-19-. The maximum atomic E-state index is 2.59. The summed E-state index contributed by atoms with van der Waals surface area (Å²) in [5.41, 5.74) is 0. The van der Waals surface area contributed by atoms with Gasteiger partial charge in [-0.25, -0.2) is 0 Å². The van der Waals surface area contributed by atoms with E-state index in [2.05, 4.69) is 50.1 Å². The van der Waals surface area contributed by atoms with E-state index in [1.165, 1.54) is 244 Å². The summed E-state index contributed by atoms with van der Waals surface area (Å²) in [4.78, 5) is 2.59. The number of hydrogen-bond acceptors (Lipinski definition) is 1. The molecule has 0 saturated heterocycles. The zero-order valence-electron chi connectivity index (χ0n) is 32.6. The van der Waals surface area contributed by atoms with Crippen molar-refractivity contribution in [3.63, 3.8) is 0 Å². The minimum Gasteiger partial charge on any atom is -0.306 e. The fraction of sp³-hybridized carbons (Fsp3) is 0.911. The summed E-state index contributed by atoms with van der Waals surface area (Å²) in [6.07, 6.45) is 60.9. The molecule has 0 saturated carbocycles. The van der Waals surface area contributed by atoms with Crippen molar-refractivity contribution in [2.24, 2.45) is 0 Å². The van der Waals surface area contributed by atoms with E-state index in [0.717, 1.165) is 0 Å². The van der Waals surface area contributed by atoms with Crippen LogP contribution in [0.2, 0.25) is 0 Å². The number of unbranched alkanes of at least 4 members (excludes halogenated alkanes) is 32. The first kappa shape index (κ1) is 45.4. The molecule has 1 heteroatoms. The van der Waals surface area contributed by atoms with E-state index < -0.39 is 0 Å². The van der Waals surface area contributed by atoms with E-state index >= 15 is 0 Å². The third kappa shape index (κ3) is 41.5. The van der Waals surface area contributed by atoms with Gasteiger partial charge in [-0.05, 0) is 84.3 Å². The van der Waals surface area contributed by atoms with Crippen LogP contribution >= 0.6 is 0 Å². The second-order valence-corrected chi connectivity index (χ2v) is 15.0. The van der Waals surface area contributed by atoms with Crippen LogP contribution in [0.1, 0.15) is 245 Å². The average Bonchev–Trinajstić information content (AvgIpc) is 3.06. The van der Waals surface area contributed by atoms with Gasteiger partial charge in [0.25, 0.3) is 0 Å². The Bertz CT molecular complexity index is 528. The van der Waals surface area contributed by atoms with Gasteiger partial charge in [-0.2, -0.15) is 0 Å². The van der Waals surface area contributed by atoms with Crippen molar-refractivity contribution >= 4 is 0 Å². The summed E-state index contributed by atoms with van der Waals surface area (Å²) in [5, 5.41) is 0. The summed E-state index contributed by atoms with van der Waals surface area (Å²) >= 11 is 0. The lowest BCUT2D eigenvalue weighted by Gasteiger charge is -2.16. The lowest BCUT2D eigenvalue weighted by Crippen LogP contribution is -2.20. The van der Waals surface area contributed by atoms with Crippen molar-refractivity contribution in [2.45, 2.75) is 245 Å². The van der Waals surface area contributed by atoms with Crippen LogP contribution in [0.25, 0.3) is 0 Å². The summed E-state index contributed by atoms with van der Waals surface area (Å²) in [6.45, 7) is 7.21. The molecule has 0 rings (SSSR count). The van der Waals surface area contributed by atoms with E-state index in [-0.39, 0.29) is 0 Å². The number of allylic oxidation sites excluding steroid dienone is 4. The molecule has 274 valence electrons. The lowest BCUT2D eigenvalue weighted by molar-refractivity contribution is 0.314. The molecule has 0 N–H and O–H groups in total. The van der Waals surface area contributed by atoms with Gasteiger partial charge in [0, 0.05) is 0 Å². The first-order chi connectivity index (χ1) is 22.8. The first-order valence-electron chi connectivity index (χ1n) is 21.8. The highest BCUT2D eigenvalue weighted by Gasteiger charge is 2.00. The Morgan fingerprint density at radius 3 is 0.696 bits per heavy atom. The molecule has 0 bridgehead atoms. The predicted molar refractivity (Wildman–Crippen MR) is 213 cm³/mol. The minimum atomic E-state index is 1.31. The van der Waals surface area contributed by atoms with Gasteiger partial charge >= 0.3 is 0 Å². The molecular weight excluding hydrogens is 555 g/mol. The van der Waals surface area contributed by atoms with Crippen molar-refractivity contribution in [2.75, 3.05) is 20.1 Å². The third-order valence-electron chi connectivity index (χ3n) is 10.1. The largest absolute Gasteiger partial charge is 0.306 e. The molecule has 0 heterocycles. The Morgan fingerprint density at radius 2 is 0.457 bits per heavy atom. The van der Waals surface area contributed by atoms with Gasteiger partial charge < -0.3 is 4.90 Å². The molecule has 0 fully saturated rings. The second-order valence-electron chi connectivity index (χ2n) is 15.0. The van der Waals surface area contributed by atoms with Gasteiger partial charge in [-0.1, -0.05) is 205 Å². The van der Waals surface area contributed by atoms with E-state index in [1.807, 2.05) is 0 Å². The Morgan fingerprint density at radius 1 is 0.261 bits per heavy atom. The van der Waals surface area contributed by atoms with Gasteiger partial charge in [0.2, 0.25) is 0 Å². The van der Waals surface area contributed by atoms with Crippen LogP contribution in [-0.4, -0.2) is 25.0 Å². The zero-order chi connectivity index (χ0) is 33.3. The molecule has 1 nitrogen and oxygen atoms in total. The SMILES string of the molecule is CCCCCCCC/C=C\CCCCCCCCCCCCN(C)CCCCCCCCCCCC/C=C\CCCCCCCC. The maximum absolute atomic E-state index is 2.59. The average molecular weight is 644 g/mol. The first-order valence-corrected chi connectivity index (χ1v) is 21.8. The summed E-state index contributed by atoms with van der Waals surface area (Å²) in [6, 6.07) is 0. The summed E-state index contributed by atoms with van der Waals surface area (Å²) < 4.78 is 0. The summed E-state index contributed by atoms with van der Waals surface area (Å²) in [7, 11) is 2.34. The minimum absolute atomic E-state index is 1.31. The smallest absolute Gasteiger partial charge is 0.00218 e. The van der Waals surface area contributed by atoms with Crippen LogP contribution in [0, 0.1) is 0 Å². The normalized spacial score (nSPS) is 12.1. The van der Waals surface area contributed by atoms with Crippen LogP contribution in [0.5, 0.6) is 0 Å². The molecule has 0 radical (unpaired) electrons. The van der Waals surface area contributed by atoms with Gasteiger partial charge in [0.1, 0.15) is 0 Å². The van der Waals surface area contributed by atoms with E-state index in [0.29, 0.717) is 0 Å². The van der Waals surface area contributed by atoms with Gasteiger partial charge in [0.15, 0.2) is 0 Å². The molecule has 0 aromatic heterocycles. The zero-order valence-corrected chi connectivity index (χ0v) is 32.6. The van der Waals surface area contributed by atoms with Crippen molar-refractivity contribution in [3.05, 3.63) is 24.3 Å². The number of rotatable bonds is 40. The van der Waals surface area contributed by atoms with Crippen LogP contribution in [0.15, 0.2) is 24.3 Å². The Hall–Kier alpha value is -0.560. The predicted octanol–water partition coefficient (Wildman–Crippen LogP) is 16.1. The highest BCUT2D eigenvalue weighted by atomic mass is 15.1. The fourth-order valence-corrected chi connectivity index (χ4v) is 6.78. The van der Waals surface area contributed by atoms with E-state index in [4.69, 9.17) is 0 Å². The van der Waals surface area contributed by atoms with Gasteiger partial charge in [-0.3, -0.25) is 0 Å². The molecule has 0 aromatic rings. The third-order valence-corrected chi connectivity index (χ3v) is 10.1. The maximum Gasteiger partial charge on any atom is -0.00218 e. The van der Waals surface area contributed by atoms with E-state index in [9.17, 15) is 0 Å². The molecule has 0 aliphatic rings. The quantitative estimate of drug-likeness (QED) is 0.0474. The van der Waals surface area contributed by atoms with Gasteiger partial charge in [0.05, 0.1) is 0 Å². The molecule has 0 unspecified atom stereocenters. The molecule has 0 atom stereocenters. The van der Waals surface area contributed by atoms with Crippen LogP contribution in [0.3, 0.4) is 0 Å². The fourth-order valence-electron chi connectivity index (χ4n) is 6.78. The highest BCUT2D eigenvalue weighted by Crippen LogP contribution is 2.14. The van der Waals surface area contributed by atoms with Crippen LogP contribution in [-0.2, 0) is 0 Å². The van der Waals surface area contributed by atoms with Crippen LogP contribution < -0.4 is 0 Å². The lowest BCUT2D eigenvalue weighted by atomic mass is 10.0. The Kier molecular flexibility index (Phi) is 41.9. The second kappa shape index (κ2) is 42.5. The van der Waals surface area contributed by atoms with Crippen LogP contribution in [0.4, 0.5) is 0 Å². The van der Waals surface area contributed by atoms with Crippen molar-refractivity contribution < 1.29 is 0 Å². The van der Waals surface area contributed by atoms with Crippen molar-refractivity contribution in [3.8, 4) is 0 Å². The molecule has 0 amide bonds. The summed E-state index contributed by atoms with van der Waals surface area (Å²) in [5.74, 6) is 0. The van der Waals surface area contributed by atoms with Gasteiger partial charge in [-0.15, -0.1) is 0 Å². The van der Waals surface area contributed by atoms with E-state index in [1.54, 1.807) is 0 Å². The number of hydrogen-bond donors (Lipinski definition) is 0. The highest BCUT2D eigenvalue weighted by molar-refractivity contribution is 4.82. The molecule has 0 aliphatic heterocycles. The topological polar surface area (TPSA) is 3.24 Å². The Balaban J connectivity index is 3.20. The molecule has 46 heavy (non-hydrogen) atoms. The molecule has 0 spiro atoms. The number of nitrogens with zero attached hydrogens (tertiary/aromatic N) is 1. The van der Waals surface area contributed by atoms with Crippen molar-refractivity contribution in [1.29, 1.82) is 0 Å². The Labute approximate surface area is 293 Å². The molecule has 0 aromatic carbocycles. The monoisotopic (exact) mass is 644 g/mol. The molecular formula is C45H89N. The van der Waals surface area contributed by atoms with Crippen molar-refractivity contribution in [1.82, 2.24) is 4.90 Å². The molecule has 0 aliphatic carbocycles.